The molecule has 4 heteroatoms. The highest BCUT2D eigenvalue weighted by Crippen LogP contribution is 2.26. The fourth-order valence-corrected chi connectivity index (χ4v) is 3.38. The number of hydrogen-bond donors (Lipinski definition) is 1. The van der Waals surface area contributed by atoms with Gasteiger partial charge in [-0.3, -0.25) is 4.79 Å². The first-order valence-corrected chi connectivity index (χ1v) is 8.53. The Morgan fingerprint density at radius 1 is 1.17 bits per heavy atom. The molecule has 0 heterocycles. The molecule has 0 saturated heterocycles. The average molecular weight is 293 g/mol. The monoisotopic (exact) mass is 292 g/mol. The molecule has 0 fully saturated rings. The number of thiol groups is 1. The van der Waals surface area contributed by atoms with Crippen molar-refractivity contribution in [3.8, 4) is 0 Å². The molecule has 2 nitrogen and oxygen atoms in total. The van der Waals surface area contributed by atoms with Crippen LogP contribution in [0.15, 0.2) is 0 Å². The number of unbranched alkanes of at least 4 members (excludes halogenated alkanes) is 5. The summed E-state index contributed by atoms with van der Waals surface area (Å²) in [6.07, 6.45) is 8.54. The second-order valence-electron chi connectivity index (χ2n) is 4.55. The number of ether oxygens (including phenoxy) is 1. The molecule has 108 valence electrons. The molecule has 0 bridgehead atoms. The predicted molar refractivity (Wildman–Crippen MR) is 84.5 cm³/mol. The van der Waals surface area contributed by atoms with Crippen molar-refractivity contribution in [1.82, 2.24) is 0 Å². The number of carbonyl (C=O) groups is 1. The van der Waals surface area contributed by atoms with E-state index in [1.807, 2.05) is 6.92 Å². The zero-order valence-electron chi connectivity index (χ0n) is 12.0. The van der Waals surface area contributed by atoms with Crippen molar-refractivity contribution in [3.05, 3.63) is 0 Å². The SMILES string of the molecule is CCCCCCCCC(SC(S)OCC)C(C)=O. The third kappa shape index (κ3) is 10.3. The van der Waals surface area contributed by atoms with Gasteiger partial charge in [0.2, 0.25) is 0 Å². The molecular weight excluding hydrogens is 264 g/mol. The van der Waals surface area contributed by atoms with Crippen LogP contribution >= 0.6 is 24.4 Å². The molecular formula is C14H28O2S2. The second kappa shape index (κ2) is 12.4. The van der Waals surface area contributed by atoms with Crippen LogP contribution in [0.3, 0.4) is 0 Å². The number of hydrogen-bond acceptors (Lipinski definition) is 4. The Kier molecular flexibility index (Phi) is 12.6. The molecule has 0 amide bonds. The molecule has 18 heavy (non-hydrogen) atoms. The van der Waals surface area contributed by atoms with E-state index in [9.17, 15) is 4.79 Å². The van der Waals surface area contributed by atoms with E-state index < -0.39 is 0 Å². The summed E-state index contributed by atoms with van der Waals surface area (Å²) in [6, 6.07) is 0. The highest BCUT2D eigenvalue weighted by molar-refractivity contribution is 8.10. The maximum absolute atomic E-state index is 11.5. The maximum Gasteiger partial charge on any atom is 0.147 e. The third-order valence-corrected chi connectivity index (χ3v) is 4.64. The molecule has 0 aliphatic rings. The first-order valence-electron chi connectivity index (χ1n) is 7.07. The molecule has 0 aromatic heterocycles. The van der Waals surface area contributed by atoms with E-state index in [1.165, 1.54) is 43.9 Å². The highest BCUT2D eigenvalue weighted by atomic mass is 32.2. The lowest BCUT2D eigenvalue weighted by atomic mass is 10.1. The van der Waals surface area contributed by atoms with E-state index in [2.05, 4.69) is 19.6 Å². The Hall–Kier alpha value is 0.330. The average Bonchev–Trinajstić information content (AvgIpc) is 2.32. The minimum atomic E-state index is -0.177. The molecule has 2 atom stereocenters. The van der Waals surface area contributed by atoms with Crippen molar-refractivity contribution >= 4 is 30.2 Å². The molecule has 0 radical (unpaired) electrons. The maximum atomic E-state index is 11.5. The Balaban J connectivity index is 3.73. The molecule has 0 aliphatic heterocycles. The fourth-order valence-electron chi connectivity index (χ4n) is 1.80. The van der Waals surface area contributed by atoms with Gasteiger partial charge in [-0.1, -0.05) is 45.4 Å². The van der Waals surface area contributed by atoms with Crippen LogP contribution in [0, 0.1) is 0 Å². The normalized spacial score (nSPS) is 14.4. The number of ketones is 1. The Morgan fingerprint density at radius 2 is 1.78 bits per heavy atom. The van der Waals surface area contributed by atoms with Crippen LogP contribution < -0.4 is 0 Å². The molecule has 0 aromatic carbocycles. The molecule has 2 unspecified atom stereocenters. The van der Waals surface area contributed by atoms with Crippen molar-refractivity contribution in [3.63, 3.8) is 0 Å². The van der Waals surface area contributed by atoms with Gasteiger partial charge in [-0.2, -0.15) is 0 Å². The lowest BCUT2D eigenvalue weighted by Crippen LogP contribution is -2.17. The van der Waals surface area contributed by atoms with Gasteiger partial charge in [-0.05, 0) is 20.3 Å². The molecule has 0 aromatic rings. The standard InChI is InChI=1S/C14H28O2S2/c1-4-6-7-8-9-10-11-13(12(3)15)18-14(17)16-5-2/h13-14,17H,4-11H2,1-3H3. The van der Waals surface area contributed by atoms with Crippen LogP contribution in [0.5, 0.6) is 0 Å². The van der Waals surface area contributed by atoms with Gasteiger partial charge in [0.15, 0.2) is 0 Å². The van der Waals surface area contributed by atoms with Crippen LogP contribution in [-0.2, 0) is 9.53 Å². The Bertz CT molecular complexity index is 210. The summed E-state index contributed by atoms with van der Waals surface area (Å²) >= 11 is 5.86. The topological polar surface area (TPSA) is 26.3 Å². The third-order valence-electron chi connectivity index (χ3n) is 2.86. The number of rotatable bonds is 12. The summed E-state index contributed by atoms with van der Waals surface area (Å²) < 4.78 is 5.18. The van der Waals surface area contributed by atoms with Gasteiger partial charge in [0.25, 0.3) is 0 Å². The molecule has 0 saturated carbocycles. The number of carbonyl (C=O) groups excluding carboxylic acids is 1. The molecule has 0 spiro atoms. The predicted octanol–water partition coefficient (Wildman–Crippen LogP) is 4.68. The van der Waals surface area contributed by atoms with Gasteiger partial charge >= 0.3 is 0 Å². The van der Waals surface area contributed by atoms with Gasteiger partial charge < -0.3 is 4.74 Å². The first kappa shape index (κ1) is 18.3. The number of thioether (sulfide) groups is 1. The van der Waals surface area contributed by atoms with Gasteiger partial charge in [0.1, 0.15) is 10.6 Å². The van der Waals surface area contributed by atoms with Gasteiger partial charge in [-0.25, -0.2) is 0 Å². The van der Waals surface area contributed by atoms with Gasteiger partial charge in [-0.15, -0.1) is 24.4 Å². The molecule has 0 N–H and O–H groups in total. The first-order chi connectivity index (χ1) is 8.61. The summed E-state index contributed by atoms with van der Waals surface area (Å²) in [5.41, 5.74) is 0. The van der Waals surface area contributed by atoms with E-state index in [0.29, 0.717) is 6.61 Å². The van der Waals surface area contributed by atoms with Crippen LogP contribution in [0.4, 0.5) is 0 Å². The van der Waals surface area contributed by atoms with Gasteiger partial charge in [0, 0.05) is 6.61 Å². The van der Waals surface area contributed by atoms with E-state index in [1.54, 1.807) is 6.92 Å². The zero-order chi connectivity index (χ0) is 13.8. The smallest absolute Gasteiger partial charge is 0.147 e. The lowest BCUT2D eigenvalue weighted by Gasteiger charge is -2.17. The number of Topliss-reactive ketones (excluding diaryl/α,β-unsaturated/α-hetero) is 1. The lowest BCUT2D eigenvalue weighted by molar-refractivity contribution is -0.116. The Labute approximate surface area is 122 Å². The fraction of sp³-hybridized carbons (Fsp3) is 0.929. The summed E-state index contributed by atoms with van der Waals surface area (Å²) in [7, 11) is 0. The summed E-state index contributed by atoms with van der Waals surface area (Å²) in [4.78, 5) is 11.5. The molecule has 0 rings (SSSR count). The van der Waals surface area contributed by atoms with Crippen LogP contribution in [0.1, 0.15) is 65.7 Å². The van der Waals surface area contributed by atoms with E-state index in [0.717, 1.165) is 12.8 Å². The van der Waals surface area contributed by atoms with E-state index in [4.69, 9.17) is 4.74 Å². The highest BCUT2D eigenvalue weighted by Gasteiger charge is 2.18. The second-order valence-corrected chi connectivity index (χ2v) is 6.64. The van der Waals surface area contributed by atoms with Crippen molar-refractivity contribution < 1.29 is 9.53 Å². The van der Waals surface area contributed by atoms with Crippen LogP contribution in [0.2, 0.25) is 0 Å². The van der Waals surface area contributed by atoms with Crippen LogP contribution in [0.25, 0.3) is 0 Å². The summed E-state index contributed by atoms with van der Waals surface area (Å²) in [5.74, 6) is 0.243. The minimum Gasteiger partial charge on any atom is -0.358 e. The van der Waals surface area contributed by atoms with Crippen LogP contribution in [-0.4, -0.2) is 22.4 Å². The van der Waals surface area contributed by atoms with Crippen molar-refractivity contribution in [2.24, 2.45) is 0 Å². The van der Waals surface area contributed by atoms with E-state index in [-0.39, 0.29) is 15.8 Å². The van der Waals surface area contributed by atoms with E-state index >= 15 is 0 Å². The molecule has 0 aliphatic carbocycles. The Morgan fingerprint density at radius 3 is 2.33 bits per heavy atom. The largest absolute Gasteiger partial charge is 0.358 e. The van der Waals surface area contributed by atoms with Crippen molar-refractivity contribution in [1.29, 1.82) is 0 Å². The quantitative estimate of drug-likeness (QED) is 0.321. The summed E-state index contributed by atoms with van der Waals surface area (Å²) in [6.45, 7) is 6.48. The van der Waals surface area contributed by atoms with Crippen molar-refractivity contribution in [2.45, 2.75) is 75.7 Å². The van der Waals surface area contributed by atoms with Gasteiger partial charge in [0.05, 0.1) is 5.25 Å². The zero-order valence-corrected chi connectivity index (χ0v) is 13.7. The minimum absolute atomic E-state index is 0.0465. The van der Waals surface area contributed by atoms with Crippen molar-refractivity contribution in [2.75, 3.05) is 6.61 Å². The summed E-state index contributed by atoms with van der Waals surface area (Å²) in [5, 5.41) is 0.0465.